The van der Waals surface area contributed by atoms with Crippen LogP contribution in [0, 0.1) is 5.82 Å². The predicted molar refractivity (Wildman–Crippen MR) is 124 cm³/mol. The summed E-state index contributed by atoms with van der Waals surface area (Å²) in [5.41, 5.74) is 1.62. The Morgan fingerprint density at radius 2 is 1.88 bits per heavy atom. The molecular weight excluding hydrogens is 461 g/mol. The van der Waals surface area contributed by atoms with E-state index < -0.39 is 0 Å². The summed E-state index contributed by atoms with van der Waals surface area (Å²) in [6, 6.07) is 17.4. The van der Waals surface area contributed by atoms with E-state index in [1.165, 1.54) is 35.2 Å². The van der Waals surface area contributed by atoms with Crippen LogP contribution in [0.25, 0.3) is 22.5 Å². The fourth-order valence-corrected chi connectivity index (χ4v) is 4.83. The number of hydrogen-bond donors (Lipinski definition) is 1. The largest absolute Gasteiger partial charge is 0.461 e. The number of benzene rings is 2. The van der Waals surface area contributed by atoms with Crippen LogP contribution >= 0.6 is 23.1 Å². The first-order chi connectivity index (χ1) is 16.2. The van der Waals surface area contributed by atoms with Crippen LogP contribution in [-0.2, 0) is 12.3 Å². The number of thioether (sulfide) groups is 1. The number of halogens is 1. The molecule has 1 amide bonds. The molecule has 3 aromatic heterocycles. The Kier molecular flexibility index (Phi) is 6.09. The van der Waals surface area contributed by atoms with Crippen LogP contribution in [0.3, 0.4) is 0 Å². The maximum Gasteiger partial charge on any atom is 0.282 e. The van der Waals surface area contributed by atoms with E-state index in [1.54, 1.807) is 24.5 Å². The zero-order valence-corrected chi connectivity index (χ0v) is 18.7. The number of rotatable bonds is 7. The molecule has 0 bridgehead atoms. The third kappa shape index (κ3) is 4.91. The molecular formula is C23H16FN5O2S2. The van der Waals surface area contributed by atoms with Crippen molar-refractivity contribution >= 4 is 39.9 Å². The van der Waals surface area contributed by atoms with Crippen molar-refractivity contribution in [3.63, 3.8) is 0 Å². The highest BCUT2D eigenvalue weighted by atomic mass is 32.2. The molecule has 0 saturated heterocycles. The van der Waals surface area contributed by atoms with E-state index in [0.29, 0.717) is 22.3 Å². The van der Waals surface area contributed by atoms with Gasteiger partial charge in [-0.2, -0.15) is 0 Å². The smallest absolute Gasteiger partial charge is 0.282 e. The second-order valence-corrected chi connectivity index (χ2v) is 8.97. The fourth-order valence-electron chi connectivity index (χ4n) is 3.07. The Bertz CT molecular complexity index is 1400. The first-order valence-corrected chi connectivity index (χ1v) is 11.7. The van der Waals surface area contributed by atoms with Gasteiger partial charge in [-0.05, 0) is 35.9 Å². The third-order valence-electron chi connectivity index (χ3n) is 4.67. The molecule has 0 unspecified atom stereocenters. The van der Waals surface area contributed by atoms with Crippen LogP contribution in [-0.4, -0.2) is 26.1 Å². The Balaban J connectivity index is 1.28. The molecule has 33 heavy (non-hydrogen) atoms. The van der Waals surface area contributed by atoms with Crippen molar-refractivity contribution in [2.75, 3.05) is 0 Å². The number of hydrogen-bond acceptors (Lipinski definition) is 8. The fraction of sp³-hybridized carbons (Fsp3) is 0.0870. The zero-order valence-electron chi connectivity index (χ0n) is 17.1. The normalized spacial score (nSPS) is 11.1. The van der Waals surface area contributed by atoms with Crippen LogP contribution in [0.5, 0.6) is 0 Å². The number of amides is 1. The second kappa shape index (κ2) is 9.47. The summed E-state index contributed by atoms with van der Waals surface area (Å²) in [5.74, 6) is 0.976. The lowest BCUT2D eigenvalue weighted by molar-refractivity contribution is 0.0950. The molecule has 0 radical (unpaired) electrons. The monoisotopic (exact) mass is 477 g/mol. The molecule has 0 fully saturated rings. The highest BCUT2D eigenvalue weighted by molar-refractivity contribution is 7.98. The first-order valence-electron chi connectivity index (χ1n) is 9.94. The average molecular weight is 478 g/mol. The highest BCUT2D eigenvalue weighted by Crippen LogP contribution is 2.31. The lowest BCUT2D eigenvalue weighted by Gasteiger charge is -2.06. The molecule has 0 aliphatic carbocycles. The molecule has 10 heteroatoms. The van der Waals surface area contributed by atoms with Gasteiger partial charge in [0, 0.05) is 11.9 Å². The SMILES string of the molecule is O=C(NCc1ccc(F)cc1)c1nnc(CSc2nc(-c3ccco3)nc3ccccc23)s1. The molecule has 2 aromatic carbocycles. The summed E-state index contributed by atoms with van der Waals surface area (Å²) < 4.78 is 18.5. The lowest BCUT2D eigenvalue weighted by Crippen LogP contribution is -2.22. The van der Waals surface area contributed by atoms with Crippen molar-refractivity contribution in [1.82, 2.24) is 25.5 Å². The number of furan rings is 1. The molecule has 0 aliphatic heterocycles. The number of aromatic nitrogens is 4. The number of carbonyl (C=O) groups is 1. The number of nitrogens with zero attached hydrogens (tertiary/aromatic N) is 4. The van der Waals surface area contributed by atoms with Gasteiger partial charge >= 0.3 is 0 Å². The zero-order chi connectivity index (χ0) is 22.6. The Morgan fingerprint density at radius 1 is 1.03 bits per heavy atom. The van der Waals surface area contributed by atoms with Crippen molar-refractivity contribution < 1.29 is 13.6 Å². The highest BCUT2D eigenvalue weighted by Gasteiger charge is 2.15. The predicted octanol–water partition coefficient (Wildman–Crippen LogP) is 5.10. The molecule has 0 saturated carbocycles. The van der Waals surface area contributed by atoms with E-state index in [4.69, 9.17) is 4.42 Å². The van der Waals surface area contributed by atoms with Gasteiger partial charge in [0.05, 0.1) is 17.5 Å². The summed E-state index contributed by atoms with van der Waals surface area (Å²) >= 11 is 2.73. The first kappa shape index (κ1) is 21.2. The van der Waals surface area contributed by atoms with Gasteiger partial charge in [-0.25, -0.2) is 14.4 Å². The van der Waals surface area contributed by atoms with E-state index in [2.05, 4.69) is 25.5 Å². The van der Waals surface area contributed by atoms with Crippen molar-refractivity contribution in [1.29, 1.82) is 0 Å². The van der Waals surface area contributed by atoms with Gasteiger partial charge in [0.1, 0.15) is 15.9 Å². The van der Waals surface area contributed by atoms with Crippen molar-refractivity contribution in [3.8, 4) is 11.6 Å². The maximum absolute atomic E-state index is 13.0. The number of nitrogens with one attached hydrogen (secondary N) is 1. The molecule has 5 aromatic rings. The molecule has 3 heterocycles. The van der Waals surface area contributed by atoms with E-state index in [1.807, 2.05) is 30.3 Å². The number of para-hydroxylation sites is 1. The Hall–Kier alpha value is -3.63. The van der Waals surface area contributed by atoms with Crippen LogP contribution in [0.15, 0.2) is 76.4 Å². The Morgan fingerprint density at radius 3 is 2.70 bits per heavy atom. The molecule has 164 valence electrons. The van der Waals surface area contributed by atoms with Gasteiger partial charge in [0.2, 0.25) is 5.01 Å². The van der Waals surface area contributed by atoms with Crippen molar-refractivity contribution in [2.45, 2.75) is 17.3 Å². The van der Waals surface area contributed by atoms with Gasteiger partial charge in [-0.1, -0.05) is 53.4 Å². The lowest BCUT2D eigenvalue weighted by atomic mass is 10.2. The molecule has 0 spiro atoms. The quantitative estimate of drug-likeness (QED) is 0.257. The van der Waals surface area contributed by atoms with E-state index in [9.17, 15) is 9.18 Å². The van der Waals surface area contributed by atoms with Crippen LogP contribution < -0.4 is 5.32 Å². The summed E-state index contributed by atoms with van der Waals surface area (Å²) in [6.07, 6.45) is 1.59. The molecule has 1 N–H and O–H groups in total. The average Bonchev–Trinajstić information content (AvgIpc) is 3.54. The molecule has 5 rings (SSSR count). The van der Waals surface area contributed by atoms with Crippen LogP contribution in [0.2, 0.25) is 0 Å². The molecule has 0 aliphatic rings. The third-order valence-corrected chi connectivity index (χ3v) is 6.78. The van der Waals surface area contributed by atoms with Crippen molar-refractivity contribution in [2.24, 2.45) is 0 Å². The number of carbonyl (C=O) groups excluding carboxylic acids is 1. The van der Waals surface area contributed by atoms with Gasteiger partial charge in [0.15, 0.2) is 11.6 Å². The van der Waals surface area contributed by atoms with Gasteiger partial charge < -0.3 is 9.73 Å². The minimum absolute atomic E-state index is 0.275. The summed E-state index contributed by atoms with van der Waals surface area (Å²) in [5, 5.41) is 13.6. The van der Waals surface area contributed by atoms with E-state index in [-0.39, 0.29) is 23.3 Å². The van der Waals surface area contributed by atoms with Gasteiger partial charge in [0.25, 0.3) is 5.91 Å². The van der Waals surface area contributed by atoms with Crippen LogP contribution in [0.4, 0.5) is 4.39 Å². The minimum Gasteiger partial charge on any atom is -0.461 e. The van der Waals surface area contributed by atoms with Crippen molar-refractivity contribution in [3.05, 3.63) is 88.3 Å². The van der Waals surface area contributed by atoms with Gasteiger partial charge in [-0.3, -0.25) is 4.79 Å². The topological polar surface area (TPSA) is 93.8 Å². The van der Waals surface area contributed by atoms with Crippen LogP contribution in [0.1, 0.15) is 20.4 Å². The summed E-state index contributed by atoms with van der Waals surface area (Å²) in [7, 11) is 0. The number of fused-ring (bicyclic) bond motifs is 1. The van der Waals surface area contributed by atoms with Gasteiger partial charge in [-0.15, -0.1) is 10.2 Å². The van der Waals surface area contributed by atoms with E-state index >= 15 is 0 Å². The molecule has 0 atom stereocenters. The molecule has 7 nitrogen and oxygen atoms in total. The Labute approximate surface area is 196 Å². The van der Waals surface area contributed by atoms with E-state index in [0.717, 1.165) is 21.5 Å². The second-order valence-electron chi connectivity index (χ2n) is 6.95. The summed E-state index contributed by atoms with van der Waals surface area (Å²) in [4.78, 5) is 21.7. The summed E-state index contributed by atoms with van der Waals surface area (Å²) in [6.45, 7) is 0.283. The standard InChI is InChI=1S/C23H16FN5O2S2/c24-15-9-7-14(8-10-15)12-25-21(30)23-29-28-19(33-23)13-32-22-16-4-1-2-5-17(16)26-20(27-22)18-6-3-11-31-18/h1-11H,12-13H2,(H,25,30). The minimum atomic E-state index is -0.319. The maximum atomic E-state index is 13.0.